The van der Waals surface area contributed by atoms with E-state index in [4.69, 9.17) is 16.3 Å². The van der Waals surface area contributed by atoms with Gasteiger partial charge < -0.3 is 10.1 Å². The van der Waals surface area contributed by atoms with Crippen molar-refractivity contribution in [3.8, 4) is 0 Å². The van der Waals surface area contributed by atoms with E-state index in [0.29, 0.717) is 17.0 Å². The summed E-state index contributed by atoms with van der Waals surface area (Å²) in [6.07, 6.45) is 3.82. The lowest BCUT2D eigenvalue weighted by molar-refractivity contribution is -0.127. The molecule has 0 radical (unpaired) electrons. The first kappa shape index (κ1) is 20.2. The predicted octanol–water partition coefficient (Wildman–Crippen LogP) is 4.14. The van der Waals surface area contributed by atoms with Crippen molar-refractivity contribution < 1.29 is 22.7 Å². The van der Waals surface area contributed by atoms with Crippen LogP contribution in [0.2, 0.25) is 5.02 Å². The summed E-state index contributed by atoms with van der Waals surface area (Å²) in [7, 11) is 0. The second kappa shape index (κ2) is 7.29. The van der Waals surface area contributed by atoms with E-state index in [1.54, 1.807) is 12.3 Å². The van der Waals surface area contributed by atoms with Gasteiger partial charge in [-0.2, -0.15) is 0 Å². The number of alkyl halides is 2. The molecule has 1 aliphatic heterocycles. The van der Waals surface area contributed by atoms with Crippen LogP contribution in [0.4, 0.5) is 13.2 Å². The second-order valence-electron chi connectivity index (χ2n) is 7.82. The Bertz CT molecular complexity index is 969. The molecule has 1 aromatic carbocycles. The molecule has 4 rings (SSSR count). The standard InChI is InChI=1S/C21H20ClF3N2O2/c1-20(21(24,25)11-29-10-18(28)27-20)16-7-12(2-5-17(16)23)6-13-3-4-14-8-15(22)9-26-19(13)14/h2,5,7-9,13H,3-4,6,10-11H2,1H3,(H,27,28)/t13?,20-/m1/s1. The fourth-order valence-corrected chi connectivity index (χ4v) is 4.36. The number of hydrogen-bond acceptors (Lipinski definition) is 3. The van der Waals surface area contributed by atoms with Crippen LogP contribution in [-0.4, -0.2) is 30.0 Å². The van der Waals surface area contributed by atoms with Gasteiger partial charge in [-0.3, -0.25) is 9.78 Å². The first-order valence-corrected chi connectivity index (χ1v) is 9.77. The molecule has 1 aromatic heterocycles. The number of carbonyl (C=O) groups excluding carboxylic acids is 1. The molecule has 2 heterocycles. The van der Waals surface area contributed by atoms with Crippen LogP contribution in [0.25, 0.3) is 0 Å². The lowest BCUT2D eigenvalue weighted by Crippen LogP contribution is -2.56. The molecule has 2 atom stereocenters. The third-order valence-corrected chi connectivity index (χ3v) is 6.01. The Hall–Kier alpha value is -2.12. The Labute approximate surface area is 171 Å². The monoisotopic (exact) mass is 424 g/mol. The number of amides is 1. The second-order valence-corrected chi connectivity index (χ2v) is 8.26. The summed E-state index contributed by atoms with van der Waals surface area (Å²) in [4.78, 5) is 16.3. The molecule has 154 valence electrons. The number of pyridine rings is 1. The Morgan fingerprint density at radius 3 is 2.93 bits per heavy atom. The van der Waals surface area contributed by atoms with Crippen molar-refractivity contribution in [3.63, 3.8) is 0 Å². The molecule has 2 aromatic rings. The fourth-order valence-electron chi connectivity index (χ4n) is 4.18. The van der Waals surface area contributed by atoms with E-state index in [2.05, 4.69) is 10.3 Å². The molecule has 8 heteroatoms. The number of aryl methyl sites for hydroxylation is 1. The van der Waals surface area contributed by atoms with Gasteiger partial charge in [0.1, 0.15) is 24.6 Å². The first-order valence-electron chi connectivity index (χ1n) is 9.39. The molecule has 1 fully saturated rings. The molecule has 1 N–H and O–H groups in total. The van der Waals surface area contributed by atoms with Crippen molar-refractivity contribution in [2.45, 2.75) is 43.6 Å². The van der Waals surface area contributed by atoms with Crippen LogP contribution in [0.3, 0.4) is 0 Å². The number of ether oxygens (including phenoxy) is 1. The molecule has 1 saturated heterocycles. The maximum atomic E-state index is 14.8. The van der Waals surface area contributed by atoms with Crippen LogP contribution in [-0.2, 0) is 27.9 Å². The minimum absolute atomic E-state index is 0.0981. The van der Waals surface area contributed by atoms with Crippen LogP contribution in [0.15, 0.2) is 30.5 Å². The molecule has 4 nitrogen and oxygen atoms in total. The van der Waals surface area contributed by atoms with E-state index >= 15 is 0 Å². The average Bonchev–Trinajstić information content (AvgIpc) is 2.99. The summed E-state index contributed by atoms with van der Waals surface area (Å²) in [5, 5.41) is 2.84. The van der Waals surface area contributed by atoms with Gasteiger partial charge in [0, 0.05) is 23.4 Å². The lowest BCUT2D eigenvalue weighted by Gasteiger charge is -2.36. The van der Waals surface area contributed by atoms with E-state index in [9.17, 15) is 18.0 Å². The van der Waals surface area contributed by atoms with E-state index < -0.39 is 36.4 Å². The van der Waals surface area contributed by atoms with Crippen molar-refractivity contribution in [3.05, 3.63) is 63.7 Å². The van der Waals surface area contributed by atoms with E-state index in [0.717, 1.165) is 31.0 Å². The molecule has 1 unspecified atom stereocenters. The van der Waals surface area contributed by atoms with Crippen molar-refractivity contribution in [2.24, 2.45) is 0 Å². The lowest BCUT2D eigenvalue weighted by atomic mass is 9.83. The molecular weight excluding hydrogens is 405 g/mol. The Morgan fingerprint density at radius 2 is 2.14 bits per heavy atom. The SMILES string of the molecule is C[C@]1(c2cc(CC3CCc4cc(Cl)cnc43)ccc2F)NC(=O)COCC1(F)F. The number of halogens is 4. The van der Waals surface area contributed by atoms with Gasteiger partial charge in [-0.1, -0.05) is 23.7 Å². The number of nitrogens with zero attached hydrogens (tertiary/aromatic N) is 1. The zero-order valence-electron chi connectivity index (χ0n) is 15.8. The maximum Gasteiger partial charge on any atom is 0.297 e. The number of rotatable bonds is 3. The highest BCUT2D eigenvalue weighted by Gasteiger charge is 2.55. The summed E-state index contributed by atoms with van der Waals surface area (Å²) in [5.74, 6) is -4.88. The molecular formula is C21H20ClF3N2O2. The van der Waals surface area contributed by atoms with Gasteiger partial charge in [0.15, 0.2) is 0 Å². The van der Waals surface area contributed by atoms with Crippen LogP contribution in [0, 0.1) is 5.82 Å². The largest absolute Gasteiger partial charge is 0.365 e. The van der Waals surface area contributed by atoms with Gasteiger partial charge in [-0.25, -0.2) is 13.2 Å². The number of benzene rings is 1. The van der Waals surface area contributed by atoms with Crippen molar-refractivity contribution in [2.75, 3.05) is 13.2 Å². The number of carbonyl (C=O) groups is 1. The maximum absolute atomic E-state index is 14.8. The van der Waals surface area contributed by atoms with Crippen LogP contribution in [0.5, 0.6) is 0 Å². The van der Waals surface area contributed by atoms with E-state index in [-0.39, 0.29) is 11.5 Å². The summed E-state index contributed by atoms with van der Waals surface area (Å²) >= 11 is 6.00. The third kappa shape index (κ3) is 3.62. The number of aromatic nitrogens is 1. The highest BCUT2D eigenvalue weighted by molar-refractivity contribution is 6.30. The average molecular weight is 425 g/mol. The molecule has 0 spiro atoms. The van der Waals surface area contributed by atoms with E-state index in [1.807, 2.05) is 6.07 Å². The zero-order chi connectivity index (χ0) is 20.8. The smallest absolute Gasteiger partial charge is 0.297 e. The molecule has 1 aliphatic carbocycles. The van der Waals surface area contributed by atoms with E-state index in [1.165, 1.54) is 12.1 Å². The number of fused-ring (bicyclic) bond motifs is 1. The Kier molecular flexibility index (Phi) is 5.07. The van der Waals surface area contributed by atoms with Gasteiger partial charge in [0.25, 0.3) is 5.92 Å². The molecule has 0 saturated carbocycles. The van der Waals surface area contributed by atoms with Crippen molar-refractivity contribution in [1.82, 2.24) is 10.3 Å². The third-order valence-electron chi connectivity index (χ3n) is 5.81. The zero-order valence-corrected chi connectivity index (χ0v) is 16.5. The van der Waals surface area contributed by atoms with Gasteiger partial charge in [-0.05, 0) is 49.4 Å². The fraction of sp³-hybridized carbons (Fsp3) is 0.429. The number of hydrogen-bond donors (Lipinski definition) is 1. The van der Waals surface area contributed by atoms with Crippen molar-refractivity contribution in [1.29, 1.82) is 0 Å². The van der Waals surface area contributed by atoms with Crippen LogP contribution < -0.4 is 5.32 Å². The minimum atomic E-state index is -3.48. The Balaban J connectivity index is 1.68. The van der Waals surface area contributed by atoms with Gasteiger partial charge in [-0.15, -0.1) is 0 Å². The predicted molar refractivity (Wildman–Crippen MR) is 102 cm³/mol. The Morgan fingerprint density at radius 1 is 1.34 bits per heavy atom. The molecule has 1 amide bonds. The molecule has 29 heavy (non-hydrogen) atoms. The van der Waals surface area contributed by atoms with Crippen molar-refractivity contribution >= 4 is 17.5 Å². The van der Waals surface area contributed by atoms with Gasteiger partial charge >= 0.3 is 0 Å². The highest BCUT2D eigenvalue weighted by atomic mass is 35.5. The topological polar surface area (TPSA) is 51.2 Å². The summed E-state index contributed by atoms with van der Waals surface area (Å²) in [5.41, 5.74) is 0.262. The normalized spacial score (nSPS) is 26.0. The molecule has 2 aliphatic rings. The quantitative estimate of drug-likeness (QED) is 0.805. The van der Waals surface area contributed by atoms with Crippen LogP contribution >= 0.6 is 11.6 Å². The molecule has 0 bridgehead atoms. The summed E-state index contributed by atoms with van der Waals surface area (Å²) in [6, 6.07) is 6.07. The highest BCUT2D eigenvalue weighted by Crippen LogP contribution is 2.41. The minimum Gasteiger partial charge on any atom is -0.365 e. The van der Waals surface area contributed by atoms with Crippen LogP contribution in [0.1, 0.15) is 41.6 Å². The summed E-state index contributed by atoms with van der Waals surface area (Å²) < 4.78 is 49.0. The van der Waals surface area contributed by atoms with Gasteiger partial charge in [0.2, 0.25) is 5.91 Å². The van der Waals surface area contributed by atoms with Gasteiger partial charge in [0.05, 0.1) is 5.02 Å². The first-order chi connectivity index (χ1) is 13.7. The summed E-state index contributed by atoms with van der Waals surface area (Å²) in [6.45, 7) is -0.317. The number of nitrogens with one attached hydrogen (secondary N) is 1.